The summed E-state index contributed by atoms with van der Waals surface area (Å²) < 4.78 is 6.37. The van der Waals surface area contributed by atoms with E-state index in [1.807, 2.05) is 0 Å². The van der Waals surface area contributed by atoms with Crippen LogP contribution in [-0.2, 0) is 9.53 Å². The molecule has 0 amide bonds. The van der Waals surface area contributed by atoms with Gasteiger partial charge in [-0.05, 0) is 81.0 Å². The molecule has 0 spiro atoms. The summed E-state index contributed by atoms with van der Waals surface area (Å²) in [5, 5.41) is 0. The fourth-order valence-electron chi connectivity index (χ4n) is 6.20. The first-order chi connectivity index (χ1) is 11.4. The molecule has 24 heavy (non-hydrogen) atoms. The first kappa shape index (κ1) is 18.0. The second-order valence-electron chi connectivity index (χ2n) is 9.32. The summed E-state index contributed by atoms with van der Waals surface area (Å²) in [6.07, 6.45) is 10.2. The highest BCUT2D eigenvalue weighted by Gasteiger charge is 2.61. The fraction of sp³-hybridized carbons (Fsp3) is 0.864. The van der Waals surface area contributed by atoms with Crippen molar-refractivity contribution in [2.75, 3.05) is 0 Å². The van der Waals surface area contributed by atoms with E-state index in [4.69, 9.17) is 4.74 Å². The van der Waals surface area contributed by atoms with Crippen molar-refractivity contribution in [1.29, 1.82) is 0 Å². The van der Waals surface area contributed by atoms with Crippen LogP contribution in [0.1, 0.15) is 79.1 Å². The van der Waals surface area contributed by atoms with Crippen molar-refractivity contribution in [2.45, 2.75) is 84.7 Å². The number of rotatable bonds is 7. The van der Waals surface area contributed by atoms with Crippen molar-refractivity contribution in [2.24, 2.45) is 35.5 Å². The predicted molar refractivity (Wildman–Crippen MR) is 98.5 cm³/mol. The van der Waals surface area contributed by atoms with Gasteiger partial charge in [-0.15, -0.1) is 0 Å². The average Bonchev–Trinajstić information content (AvgIpc) is 2.54. The van der Waals surface area contributed by atoms with Gasteiger partial charge in [0.25, 0.3) is 0 Å². The molecule has 0 radical (unpaired) electrons. The zero-order chi connectivity index (χ0) is 17.5. The van der Waals surface area contributed by atoms with E-state index >= 15 is 0 Å². The number of carbonyl (C=O) groups excluding carboxylic acids is 1. The van der Waals surface area contributed by atoms with Gasteiger partial charge in [0.15, 0.2) is 0 Å². The van der Waals surface area contributed by atoms with Gasteiger partial charge in [-0.3, -0.25) is 0 Å². The summed E-state index contributed by atoms with van der Waals surface area (Å²) in [6.45, 7) is 12.6. The summed E-state index contributed by atoms with van der Waals surface area (Å²) in [7, 11) is 0. The number of carbonyl (C=O) groups is 1. The quantitative estimate of drug-likeness (QED) is 0.437. The molecule has 0 aromatic carbocycles. The summed E-state index contributed by atoms with van der Waals surface area (Å²) in [5.41, 5.74) is 0.342. The van der Waals surface area contributed by atoms with Crippen molar-refractivity contribution in [3.05, 3.63) is 12.2 Å². The molecule has 0 heterocycles. The topological polar surface area (TPSA) is 26.3 Å². The summed E-state index contributed by atoms with van der Waals surface area (Å²) in [5.74, 6) is 4.03. The molecule has 2 unspecified atom stereocenters. The molecule has 136 valence electrons. The standard InChI is InChI=1S/C22H36O2/c1-6-15(4)7-8-16(5)22(24-21(23)14(2)3)19-10-17-9-18(12-19)13-20(22)11-17/h15-20H,2,6-13H2,1,3-5H3. The minimum atomic E-state index is -0.211. The van der Waals surface area contributed by atoms with E-state index in [9.17, 15) is 4.79 Å². The Balaban J connectivity index is 1.84. The number of ether oxygens (including phenoxy) is 1. The van der Waals surface area contributed by atoms with Crippen LogP contribution >= 0.6 is 0 Å². The van der Waals surface area contributed by atoms with Crippen LogP contribution in [-0.4, -0.2) is 11.6 Å². The van der Waals surface area contributed by atoms with E-state index in [1.54, 1.807) is 6.92 Å². The maximum Gasteiger partial charge on any atom is 0.333 e. The molecule has 4 saturated carbocycles. The molecule has 4 fully saturated rings. The highest BCUT2D eigenvalue weighted by Crippen LogP contribution is 2.62. The van der Waals surface area contributed by atoms with Crippen molar-refractivity contribution in [1.82, 2.24) is 0 Å². The molecule has 2 atom stereocenters. The smallest absolute Gasteiger partial charge is 0.333 e. The van der Waals surface area contributed by atoms with Crippen LogP contribution in [0.25, 0.3) is 0 Å². The van der Waals surface area contributed by atoms with Crippen LogP contribution in [0.4, 0.5) is 0 Å². The molecule has 0 saturated heterocycles. The van der Waals surface area contributed by atoms with Crippen LogP contribution in [0.3, 0.4) is 0 Å². The third-order valence-electron chi connectivity index (χ3n) is 7.59. The largest absolute Gasteiger partial charge is 0.455 e. The van der Waals surface area contributed by atoms with Gasteiger partial charge in [0, 0.05) is 5.57 Å². The molecular weight excluding hydrogens is 296 g/mol. The Hall–Kier alpha value is -0.790. The lowest BCUT2D eigenvalue weighted by molar-refractivity contribution is -0.225. The van der Waals surface area contributed by atoms with Crippen LogP contribution in [0.15, 0.2) is 12.2 Å². The first-order valence-corrected chi connectivity index (χ1v) is 10.3. The van der Waals surface area contributed by atoms with Gasteiger partial charge in [-0.25, -0.2) is 4.79 Å². The zero-order valence-electron chi connectivity index (χ0n) is 16.1. The van der Waals surface area contributed by atoms with E-state index in [0.29, 0.717) is 23.3 Å². The Labute approximate surface area is 148 Å². The lowest BCUT2D eigenvalue weighted by Gasteiger charge is -2.62. The van der Waals surface area contributed by atoms with Crippen molar-refractivity contribution in [3.8, 4) is 0 Å². The molecule has 4 aliphatic rings. The fourth-order valence-corrected chi connectivity index (χ4v) is 6.20. The third kappa shape index (κ3) is 3.06. The van der Waals surface area contributed by atoms with Crippen LogP contribution in [0.2, 0.25) is 0 Å². The maximum absolute atomic E-state index is 12.5. The van der Waals surface area contributed by atoms with Crippen LogP contribution in [0, 0.1) is 35.5 Å². The van der Waals surface area contributed by atoms with Gasteiger partial charge >= 0.3 is 5.97 Å². The Morgan fingerprint density at radius 1 is 1.08 bits per heavy atom. The van der Waals surface area contributed by atoms with E-state index in [0.717, 1.165) is 17.8 Å². The van der Waals surface area contributed by atoms with E-state index in [-0.39, 0.29) is 11.6 Å². The Morgan fingerprint density at radius 2 is 1.62 bits per heavy atom. The molecule has 0 N–H and O–H groups in total. The molecule has 4 rings (SSSR count). The Morgan fingerprint density at radius 3 is 2.08 bits per heavy atom. The lowest BCUT2D eigenvalue weighted by Crippen LogP contribution is -2.62. The van der Waals surface area contributed by atoms with Gasteiger partial charge in [0.1, 0.15) is 5.60 Å². The molecule has 2 heteroatoms. The highest BCUT2D eigenvalue weighted by atomic mass is 16.6. The molecule has 2 nitrogen and oxygen atoms in total. The van der Waals surface area contributed by atoms with Crippen molar-refractivity contribution < 1.29 is 9.53 Å². The van der Waals surface area contributed by atoms with Crippen molar-refractivity contribution in [3.63, 3.8) is 0 Å². The Kier molecular flexibility index (Phi) is 5.14. The normalized spacial score (nSPS) is 39.5. The third-order valence-corrected chi connectivity index (χ3v) is 7.59. The van der Waals surface area contributed by atoms with Crippen LogP contribution < -0.4 is 0 Å². The number of hydrogen-bond donors (Lipinski definition) is 0. The SMILES string of the molecule is C=C(C)C(=O)OC1(C(C)CCC(C)CC)C2CC3CC(C2)CC1C3. The molecule has 0 aromatic rings. The second kappa shape index (κ2) is 6.84. The van der Waals surface area contributed by atoms with E-state index in [1.165, 1.54) is 51.4 Å². The molecule has 0 aliphatic heterocycles. The minimum absolute atomic E-state index is 0.155. The van der Waals surface area contributed by atoms with E-state index < -0.39 is 0 Å². The average molecular weight is 333 g/mol. The predicted octanol–water partition coefficient (Wildman–Crippen LogP) is 5.76. The minimum Gasteiger partial charge on any atom is -0.455 e. The summed E-state index contributed by atoms with van der Waals surface area (Å²) in [4.78, 5) is 12.5. The van der Waals surface area contributed by atoms with Gasteiger partial charge in [-0.2, -0.15) is 0 Å². The van der Waals surface area contributed by atoms with Gasteiger partial charge < -0.3 is 4.74 Å². The van der Waals surface area contributed by atoms with Crippen LogP contribution in [0.5, 0.6) is 0 Å². The zero-order valence-corrected chi connectivity index (χ0v) is 16.1. The first-order valence-electron chi connectivity index (χ1n) is 10.3. The number of hydrogen-bond acceptors (Lipinski definition) is 2. The van der Waals surface area contributed by atoms with Gasteiger partial charge in [-0.1, -0.05) is 40.2 Å². The summed E-state index contributed by atoms with van der Waals surface area (Å²) in [6, 6.07) is 0. The van der Waals surface area contributed by atoms with Crippen molar-refractivity contribution >= 4 is 5.97 Å². The second-order valence-corrected chi connectivity index (χ2v) is 9.32. The maximum atomic E-state index is 12.5. The molecule has 4 aliphatic carbocycles. The Bertz CT molecular complexity index is 464. The monoisotopic (exact) mass is 332 g/mol. The molecule has 0 aromatic heterocycles. The molecular formula is C22H36O2. The lowest BCUT2D eigenvalue weighted by atomic mass is 9.47. The van der Waals surface area contributed by atoms with E-state index in [2.05, 4.69) is 27.4 Å². The van der Waals surface area contributed by atoms with Gasteiger partial charge in [0.05, 0.1) is 0 Å². The summed E-state index contributed by atoms with van der Waals surface area (Å²) >= 11 is 0. The molecule has 4 bridgehead atoms. The number of esters is 1. The highest BCUT2D eigenvalue weighted by molar-refractivity contribution is 5.87. The van der Waals surface area contributed by atoms with Gasteiger partial charge in [0.2, 0.25) is 0 Å².